The lowest BCUT2D eigenvalue weighted by atomic mass is 9.90. The van der Waals surface area contributed by atoms with Gasteiger partial charge in [-0.05, 0) is 55.2 Å². The summed E-state index contributed by atoms with van der Waals surface area (Å²) in [4.78, 5) is 26.1. The van der Waals surface area contributed by atoms with Crippen molar-refractivity contribution in [2.24, 2.45) is 17.8 Å². The second kappa shape index (κ2) is 8.56. The number of nitrogens with zero attached hydrogens (tertiary/aromatic N) is 1. The number of nitrogens with one attached hydrogen (secondary N) is 1. The van der Waals surface area contributed by atoms with E-state index in [0.29, 0.717) is 24.8 Å². The molecule has 0 unspecified atom stereocenters. The summed E-state index contributed by atoms with van der Waals surface area (Å²) in [7, 11) is 1.68. The SMILES string of the molecule is COc1ccc(CC2CCN(C(=O)CCNC(=O)[C@@H]3C[C@H]3C)CC2)cc1. The molecular formula is C21H30N2O3. The first kappa shape index (κ1) is 18.7. The maximum atomic E-state index is 12.3. The maximum absolute atomic E-state index is 12.3. The lowest BCUT2D eigenvalue weighted by Crippen LogP contribution is -2.40. The van der Waals surface area contributed by atoms with Gasteiger partial charge in [-0.3, -0.25) is 9.59 Å². The van der Waals surface area contributed by atoms with Crippen molar-refractivity contribution >= 4 is 11.8 Å². The summed E-state index contributed by atoms with van der Waals surface area (Å²) < 4.78 is 5.20. The van der Waals surface area contributed by atoms with Gasteiger partial charge in [-0.2, -0.15) is 0 Å². The van der Waals surface area contributed by atoms with Gasteiger partial charge in [0.2, 0.25) is 11.8 Å². The number of carbonyl (C=O) groups is 2. The van der Waals surface area contributed by atoms with Gasteiger partial charge in [0.05, 0.1) is 7.11 Å². The van der Waals surface area contributed by atoms with Gasteiger partial charge in [0, 0.05) is 32.0 Å². The molecule has 142 valence electrons. The average Bonchev–Trinajstić information content (AvgIpc) is 3.39. The largest absolute Gasteiger partial charge is 0.497 e. The highest BCUT2D eigenvalue weighted by molar-refractivity contribution is 5.82. The molecule has 2 aliphatic rings. The monoisotopic (exact) mass is 358 g/mol. The molecule has 2 fully saturated rings. The van der Waals surface area contributed by atoms with Gasteiger partial charge in [0.15, 0.2) is 0 Å². The summed E-state index contributed by atoms with van der Waals surface area (Å²) in [5.74, 6) is 2.48. The number of hydrogen-bond acceptors (Lipinski definition) is 3. The second-order valence-electron chi connectivity index (χ2n) is 7.74. The van der Waals surface area contributed by atoms with Gasteiger partial charge in [-0.1, -0.05) is 19.1 Å². The molecule has 1 aromatic carbocycles. The summed E-state index contributed by atoms with van der Waals surface area (Å²) in [6, 6.07) is 8.26. The van der Waals surface area contributed by atoms with Crippen LogP contribution in [0.1, 0.15) is 38.2 Å². The van der Waals surface area contributed by atoms with E-state index in [1.165, 1.54) is 5.56 Å². The lowest BCUT2D eigenvalue weighted by Gasteiger charge is -2.32. The molecule has 5 heteroatoms. The standard InChI is InChI=1S/C21H30N2O3/c1-15-13-19(15)21(25)22-10-7-20(24)23-11-8-17(9-12-23)14-16-3-5-18(26-2)6-4-16/h3-6,15,17,19H,7-14H2,1-2H3,(H,22,25)/t15-,19-/m1/s1. The van der Waals surface area contributed by atoms with Crippen LogP contribution in [0.2, 0.25) is 0 Å². The van der Waals surface area contributed by atoms with E-state index in [-0.39, 0.29) is 17.7 Å². The van der Waals surface area contributed by atoms with Crippen LogP contribution in [0.4, 0.5) is 0 Å². The highest BCUT2D eigenvalue weighted by Gasteiger charge is 2.38. The molecular weight excluding hydrogens is 328 g/mol. The van der Waals surface area contributed by atoms with E-state index in [1.54, 1.807) is 7.11 Å². The van der Waals surface area contributed by atoms with Crippen molar-refractivity contribution in [2.45, 2.75) is 39.0 Å². The van der Waals surface area contributed by atoms with Crippen molar-refractivity contribution in [3.63, 3.8) is 0 Å². The molecule has 5 nitrogen and oxygen atoms in total. The Morgan fingerprint density at radius 3 is 2.42 bits per heavy atom. The van der Waals surface area contributed by atoms with Gasteiger partial charge in [0.1, 0.15) is 5.75 Å². The first-order valence-corrected chi connectivity index (χ1v) is 9.75. The van der Waals surface area contributed by atoms with Crippen LogP contribution in [-0.2, 0) is 16.0 Å². The van der Waals surface area contributed by atoms with Gasteiger partial charge < -0.3 is 15.0 Å². The number of rotatable bonds is 7. The Balaban J connectivity index is 1.34. The van der Waals surface area contributed by atoms with Crippen LogP contribution in [0, 0.1) is 17.8 Å². The highest BCUT2D eigenvalue weighted by atomic mass is 16.5. The van der Waals surface area contributed by atoms with Crippen LogP contribution in [0.5, 0.6) is 5.75 Å². The number of benzene rings is 1. The van der Waals surface area contributed by atoms with Crippen molar-refractivity contribution in [3.8, 4) is 5.75 Å². The number of amides is 2. The minimum absolute atomic E-state index is 0.114. The molecule has 1 N–H and O–H groups in total. The van der Waals surface area contributed by atoms with Gasteiger partial charge >= 0.3 is 0 Å². The van der Waals surface area contributed by atoms with Crippen LogP contribution >= 0.6 is 0 Å². The minimum atomic E-state index is 0.114. The van der Waals surface area contributed by atoms with Crippen LogP contribution in [0.3, 0.4) is 0 Å². The van der Waals surface area contributed by atoms with Crippen molar-refractivity contribution in [1.29, 1.82) is 0 Å². The third-order valence-electron chi connectivity index (χ3n) is 5.74. The zero-order valence-electron chi connectivity index (χ0n) is 15.9. The molecule has 0 bridgehead atoms. The fourth-order valence-corrected chi connectivity index (χ4v) is 3.75. The van der Waals surface area contributed by atoms with E-state index < -0.39 is 0 Å². The molecule has 1 aliphatic heterocycles. The molecule has 0 aromatic heterocycles. The molecule has 1 heterocycles. The van der Waals surface area contributed by atoms with Crippen molar-refractivity contribution in [3.05, 3.63) is 29.8 Å². The summed E-state index contributed by atoms with van der Waals surface area (Å²) in [5, 5.41) is 2.90. The first-order valence-electron chi connectivity index (χ1n) is 9.75. The van der Waals surface area contributed by atoms with E-state index in [2.05, 4.69) is 24.4 Å². The van der Waals surface area contributed by atoms with E-state index in [9.17, 15) is 9.59 Å². The molecule has 2 amide bonds. The zero-order valence-corrected chi connectivity index (χ0v) is 15.9. The van der Waals surface area contributed by atoms with Gasteiger partial charge in [0.25, 0.3) is 0 Å². The van der Waals surface area contributed by atoms with Crippen molar-refractivity contribution < 1.29 is 14.3 Å². The van der Waals surface area contributed by atoms with Crippen LogP contribution in [-0.4, -0.2) is 43.5 Å². The number of methoxy groups -OCH3 is 1. The Hall–Kier alpha value is -2.04. The Bertz CT molecular complexity index is 621. The maximum Gasteiger partial charge on any atom is 0.224 e. The van der Waals surface area contributed by atoms with Gasteiger partial charge in [-0.15, -0.1) is 0 Å². The molecule has 26 heavy (non-hydrogen) atoms. The summed E-state index contributed by atoms with van der Waals surface area (Å²) in [6.45, 7) is 4.21. The Morgan fingerprint density at radius 2 is 1.85 bits per heavy atom. The van der Waals surface area contributed by atoms with Crippen molar-refractivity contribution in [1.82, 2.24) is 10.2 Å². The second-order valence-corrected chi connectivity index (χ2v) is 7.74. The predicted molar refractivity (Wildman–Crippen MR) is 101 cm³/mol. The summed E-state index contributed by atoms with van der Waals surface area (Å²) in [5.41, 5.74) is 1.33. The molecule has 0 radical (unpaired) electrons. The van der Waals surface area contributed by atoms with E-state index in [1.807, 2.05) is 17.0 Å². The third-order valence-corrected chi connectivity index (χ3v) is 5.74. The Labute approximate surface area is 156 Å². The third kappa shape index (κ3) is 4.99. The van der Waals surface area contributed by atoms with Crippen molar-refractivity contribution in [2.75, 3.05) is 26.7 Å². The van der Waals surface area contributed by atoms with Gasteiger partial charge in [-0.25, -0.2) is 0 Å². The lowest BCUT2D eigenvalue weighted by molar-refractivity contribution is -0.132. The number of likely N-dealkylation sites (tertiary alicyclic amines) is 1. The fraction of sp³-hybridized carbons (Fsp3) is 0.619. The topological polar surface area (TPSA) is 58.6 Å². The molecule has 1 aliphatic carbocycles. The molecule has 2 atom stereocenters. The molecule has 1 aromatic rings. The normalized spacial score (nSPS) is 22.8. The highest BCUT2D eigenvalue weighted by Crippen LogP contribution is 2.37. The van der Waals surface area contributed by atoms with Crippen LogP contribution in [0.15, 0.2) is 24.3 Å². The minimum Gasteiger partial charge on any atom is -0.497 e. The first-order chi connectivity index (χ1) is 12.6. The Morgan fingerprint density at radius 1 is 1.19 bits per heavy atom. The average molecular weight is 358 g/mol. The Kier molecular flexibility index (Phi) is 6.17. The quantitative estimate of drug-likeness (QED) is 0.815. The van der Waals surface area contributed by atoms with E-state index >= 15 is 0 Å². The summed E-state index contributed by atoms with van der Waals surface area (Å²) >= 11 is 0. The molecule has 1 saturated heterocycles. The zero-order chi connectivity index (χ0) is 18.5. The molecule has 1 saturated carbocycles. The summed E-state index contributed by atoms with van der Waals surface area (Å²) in [6.07, 6.45) is 4.55. The van der Waals surface area contributed by atoms with Crippen LogP contribution < -0.4 is 10.1 Å². The van der Waals surface area contributed by atoms with E-state index in [4.69, 9.17) is 4.74 Å². The smallest absolute Gasteiger partial charge is 0.224 e. The molecule has 3 rings (SSSR count). The van der Waals surface area contributed by atoms with Crippen LogP contribution in [0.25, 0.3) is 0 Å². The van der Waals surface area contributed by atoms with E-state index in [0.717, 1.165) is 44.5 Å². The number of hydrogen-bond donors (Lipinski definition) is 1. The number of ether oxygens (including phenoxy) is 1. The predicted octanol–water partition coefficient (Wildman–Crippen LogP) is 2.64. The number of carbonyl (C=O) groups excluding carboxylic acids is 2. The molecule has 0 spiro atoms. The number of piperidine rings is 1. The fourth-order valence-electron chi connectivity index (χ4n) is 3.75.